The predicted molar refractivity (Wildman–Crippen MR) is 68.4 cm³/mol. The van der Waals surface area contributed by atoms with Gasteiger partial charge < -0.3 is 5.32 Å². The van der Waals surface area contributed by atoms with E-state index < -0.39 is 9.84 Å². The van der Waals surface area contributed by atoms with Crippen LogP contribution >= 0.6 is 0 Å². The second kappa shape index (κ2) is 5.50. The summed E-state index contributed by atoms with van der Waals surface area (Å²) in [6, 6.07) is 0.469. The van der Waals surface area contributed by atoms with Gasteiger partial charge in [0, 0.05) is 18.1 Å². The maximum absolute atomic E-state index is 11.1. The molecule has 0 aromatic carbocycles. The second-order valence-electron chi connectivity index (χ2n) is 5.47. The van der Waals surface area contributed by atoms with Crippen LogP contribution in [-0.4, -0.2) is 33.5 Å². The first-order valence-electron chi connectivity index (χ1n) is 6.22. The summed E-state index contributed by atoms with van der Waals surface area (Å²) in [5.41, 5.74) is 0.381. The highest BCUT2D eigenvalue weighted by Crippen LogP contribution is 2.41. The zero-order valence-corrected chi connectivity index (χ0v) is 11.6. The van der Waals surface area contributed by atoms with Crippen LogP contribution in [0, 0.1) is 5.41 Å². The van der Waals surface area contributed by atoms with Crippen molar-refractivity contribution in [2.75, 3.05) is 19.1 Å². The zero-order chi connectivity index (χ0) is 12.2. The van der Waals surface area contributed by atoms with Gasteiger partial charge in [0.05, 0.1) is 0 Å². The maximum Gasteiger partial charge on any atom is 0.147 e. The molecule has 0 heterocycles. The second-order valence-corrected chi connectivity index (χ2v) is 7.73. The van der Waals surface area contributed by atoms with E-state index in [0.29, 0.717) is 17.2 Å². The molecule has 0 bridgehead atoms. The molecule has 1 saturated carbocycles. The van der Waals surface area contributed by atoms with Crippen molar-refractivity contribution >= 4 is 9.84 Å². The Morgan fingerprint density at radius 3 is 2.31 bits per heavy atom. The van der Waals surface area contributed by atoms with Crippen molar-refractivity contribution in [3.8, 4) is 0 Å². The molecule has 0 amide bonds. The van der Waals surface area contributed by atoms with Crippen LogP contribution in [0.4, 0.5) is 0 Å². The molecule has 4 heteroatoms. The molecule has 1 N–H and O–H groups in total. The van der Waals surface area contributed by atoms with Crippen LogP contribution in [0.1, 0.15) is 45.4 Å². The highest BCUT2D eigenvalue weighted by atomic mass is 32.2. The van der Waals surface area contributed by atoms with E-state index in [2.05, 4.69) is 12.2 Å². The van der Waals surface area contributed by atoms with Crippen LogP contribution < -0.4 is 5.32 Å². The average molecular weight is 247 g/mol. The fourth-order valence-electron chi connectivity index (χ4n) is 2.92. The molecular weight excluding hydrogens is 222 g/mol. The van der Waals surface area contributed by atoms with Gasteiger partial charge in [-0.2, -0.15) is 0 Å². The molecule has 1 rings (SSSR count). The summed E-state index contributed by atoms with van der Waals surface area (Å²) in [5, 5.41) is 3.38. The largest absolute Gasteiger partial charge is 0.316 e. The lowest BCUT2D eigenvalue weighted by molar-refractivity contribution is 0.219. The van der Waals surface area contributed by atoms with E-state index in [1.54, 1.807) is 0 Å². The molecule has 0 aromatic heterocycles. The predicted octanol–water partition coefficient (Wildman–Crippen LogP) is 1.98. The quantitative estimate of drug-likeness (QED) is 0.780. The molecular formula is C12H25NO2S. The Balaban J connectivity index is 2.43. The smallest absolute Gasteiger partial charge is 0.147 e. The molecule has 96 valence electrons. The number of hydrogen-bond acceptors (Lipinski definition) is 3. The highest BCUT2D eigenvalue weighted by molar-refractivity contribution is 7.90. The van der Waals surface area contributed by atoms with Crippen molar-refractivity contribution in [2.45, 2.75) is 51.5 Å². The fraction of sp³-hybridized carbons (Fsp3) is 1.00. The van der Waals surface area contributed by atoms with Crippen molar-refractivity contribution < 1.29 is 8.42 Å². The zero-order valence-electron chi connectivity index (χ0n) is 10.8. The summed E-state index contributed by atoms with van der Waals surface area (Å²) in [6.07, 6.45) is 8.26. The minimum atomic E-state index is -2.80. The lowest BCUT2D eigenvalue weighted by atomic mass is 9.79. The van der Waals surface area contributed by atoms with Gasteiger partial charge in [-0.05, 0) is 38.1 Å². The normalized spacial score (nSPS) is 22.2. The van der Waals surface area contributed by atoms with E-state index in [4.69, 9.17) is 0 Å². The van der Waals surface area contributed by atoms with Crippen LogP contribution in [0.25, 0.3) is 0 Å². The molecule has 0 spiro atoms. The third kappa shape index (κ3) is 4.06. The van der Waals surface area contributed by atoms with Crippen molar-refractivity contribution in [2.24, 2.45) is 5.41 Å². The van der Waals surface area contributed by atoms with Gasteiger partial charge in [-0.25, -0.2) is 8.42 Å². The molecule has 1 atom stereocenters. The molecule has 1 aliphatic carbocycles. The number of nitrogens with one attached hydrogen (secondary N) is 1. The van der Waals surface area contributed by atoms with Crippen LogP contribution in [0.2, 0.25) is 0 Å². The summed E-state index contributed by atoms with van der Waals surface area (Å²) >= 11 is 0. The third-order valence-corrected chi connectivity index (χ3v) is 4.97. The molecule has 1 aliphatic rings. The fourth-order valence-corrected chi connectivity index (χ4v) is 3.61. The SMILES string of the molecule is CNC(CCCS(C)(=O)=O)C1(C)CCCC1. The van der Waals surface area contributed by atoms with Crippen molar-refractivity contribution in [3.63, 3.8) is 0 Å². The molecule has 0 aliphatic heterocycles. The van der Waals surface area contributed by atoms with E-state index >= 15 is 0 Å². The Kier molecular flexibility index (Phi) is 4.80. The van der Waals surface area contributed by atoms with Crippen LogP contribution in [0.15, 0.2) is 0 Å². The van der Waals surface area contributed by atoms with Gasteiger partial charge in [-0.15, -0.1) is 0 Å². The van der Waals surface area contributed by atoms with Gasteiger partial charge in [0.25, 0.3) is 0 Å². The Labute approximate surface area is 99.9 Å². The minimum Gasteiger partial charge on any atom is -0.316 e. The standard InChI is InChI=1S/C12H25NO2S/c1-12(8-4-5-9-12)11(13-2)7-6-10-16(3,14)15/h11,13H,4-10H2,1-3H3. The maximum atomic E-state index is 11.1. The molecule has 1 fully saturated rings. The number of rotatable bonds is 6. The van der Waals surface area contributed by atoms with Gasteiger partial charge in [0.15, 0.2) is 0 Å². The van der Waals surface area contributed by atoms with Gasteiger partial charge in [-0.3, -0.25) is 0 Å². The molecule has 1 unspecified atom stereocenters. The molecule has 3 nitrogen and oxygen atoms in total. The van der Waals surface area contributed by atoms with E-state index in [0.717, 1.165) is 12.8 Å². The summed E-state index contributed by atoms with van der Waals surface area (Å²) < 4.78 is 22.2. The van der Waals surface area contributed by atoms with Crippen molar-refractivity contribution in [1.82, 2.24) is 5.32 Å². The lowest BCUT2D eigenvalue weighted by Crippen LogP contribution is -2.40. The van der Waals surface area contributed by atoms with Crippen molar-refractivity contribution in [3.05, 3.63) is 0 Å². The Bertz CT molecular complexity index is 305. The van der Waals surface area contributed by atoms with Crippen LogP contribution in [0.3, 0.4) is 0 Å². The molecule has 16 heavy (non-hydrogen) atoms. The van der Waals surface area contributed by atoms with Gasteiger partial charge in [0.1, 0.15) is 9.84 Å². The Morgan fingerprint density at radius 2 is 1.88 bits per heavy atom. The summed E-state index contributed by atoms with van der Waals surface area (Å²) in [7, 11) is -0.804. The van der Waals surface area contributed by atoms with Gasteiger partial charge in [0.2, 0.25) is 0 Å². The summed E-state index contributed by atoms with van der Waals surface area (Å²) in [5.74, 6) is 0.321. The van der Waals surface area contributed by atoms with E-state index in [1.807, 2.05) is 7.05 Å². The summed E-state index contributed by atoms with van der Waals surface area (Å²) in [6.45, 7) is 2.33. The van der Waals surface area contributed by atoms with E-state index in [9.17, 15) is 8.42 Å². The van der Waals surface area contributed by atoms with E-state index in [1.165, 1.54) is 31.9 Å². The minimum absolute atomic E-state index is 0.321. The van der Waals surface area contributed by atoms with E-state index in [-0.39, 0.29) is 0 Å². The third-order valence-electron chi connectivity index (χ3n) is 3.94. The first-order chi connectivity index (χ1) is 7.37. The first-order valence-corrected chi connectivity index (χ1v) is 8.28. The molecule has 0 radical (unpaired) electrons. The lowest BCUT2D eigenvalue weighted by Gasteiger charge is -2.34. The number of hydrogen-bond donors (Lipinski definition) is 1. The van der Waals surface area contributed by atoms with Gasteiger partial charge in [-0.1, -0.05) is 19.8 Å². The Morgan fingerprint density at radius 1 is 1.31 bits per heavy atom. The summed E-state index contributed by atoms with van der Waals surface area (Å²) in [4.78, 5) is 0. The van der Waals surface area contributed by atoms with Crippen LogP contribution in [-0.2, 0) is 9.84 Å². The highest BCUT2D eigenvalue weighted by Gasteiger charge is 2.35. The topological polar surface area (TPSA) is 46.2 Å². The molecule has 0 saturated heterocycles. The monoisotopic (exact) mass is 247 g/mol. The molecule has 0 aromatic rings. The van der Waals surface area contributed by atoms with Crippen molar-refractivity contribution in [1.29, 1.82) is 0 Å². The van der Waals surface area contributed by atoms with Gasteiger partial charge >= 0.3 is 0 Å². The average Bonchev–Trinajstić information content (AvgIpc) is 2.59. The first kappa shape index (κ1) is 14.0. The Hall–Kier alpha value is -0.0900. The number of sulfone groups is 1. The van der Waals surface area contributed by atoms with Crippen LogP contribution in [0.5, 0.6) is 0 Å².